The minimum absolute atomic E-state index is 0.0615. The van der Waals surface area contributed by atoms with Crippen LogP contribution in [0.2, 0.25) is 0 Å². The van der Waals surface area contributed by atoms with Gasteiger partial charge in [-0.1, -0.05) is 98.2 Å². The summed E-state index contributed by atoms with van der Waals surface area (Å²) >= 11 is 0. The summed E-state index contributed by atoms with van der Waals surface area (Å²) in [5, 5.41) is 11.6. The molecule has 0 atom stereocenters. The number of halogens is 4. The maximum atomic E-state index is 12.3. The van der Waals surface area contributed by atoms with Crippen LogP contribution in [0.4, 0.5) is 28.6 Å². The standard InChI is InChI=1S/C43H48N6O.BF4/c1-42(2)37(48(5)35-26-24-31-17-11-13-19-33(31)40(35)42)21-8-6-9-22-38-43(3,4)41-34-20-14-12-18-32(34)25-27-36(41)49(38)30-15-7-10-23-39(50)45-28-16-29-46-47-44;2-1(3,4)5/h6,8-9,11-14,17-22,24-27H,7,10,15-16,23,28-30H2,1-5H3;/q;-1/p+1. The van der Waals surface area contributed by atoms with E-state index in [1.165, 1.54) is 55.5 Å². The third-order valence-electron chi connectivity index (χ3n) is 10.5. The first-order valence-electron chi connectivity index (χ1n) is 18.8. The van der Waals surface area contributed by atoms with E-state index in [0.29, 0.717) is 25.9 Å². The number of hydrogen-bond donors (Lipinski definition) is 1. The van der Waals surface area contributed by atoms with Crippen LogP contribution < -0.4 is 10.2 Å². The summed E-state index contributed by atoms with van der Waals surface area (Å²) in [6, 6.07) is 26.4. The van der Waals surface area contributed by atoms with Crippen molar-refractivity contribution in [2.45, 2.75) is 70.6 Å². The average Bonchev–Trinajstić information content (AvgIpc) is 3.48. The molecule has 2 heterocycles. The van der Waals surface area contributed by atoms with Crippen LogP contribution in [0.3, 0.4) is 0 Å². The largest absolute Gasteiger partial charge is 0.673 e. The Morgan fingerprint density at radius 1 is 0.836 bits per heavy atom. The Balaban J connectivity index is 0.00000109. The van der Waals surface area contributed by atoms with Gasteiger partial charge in [-0.2, -0.15) is 4.58 Å². The van der Waals surface area contributed by atoms with Gasteiger partial charge in [0.15, 0.2) is 5.71 Å². The maximum absolute atomic E-state index is 12.3. The van der Waals surface area contributed by atoms with Gasteiger partial charge in [0.25, 0.3) is 0 Å². The molecule has 1 amide bonds. The second-order valence-corrected chi connectivity index (χ2v) is 15.0. The monoisotopic (exact) mass is 752 g/mol. The molecule has 0 aliphatic carbocycles. The number of allylic oxidation sites excluding steroid dienone is 6. The Bertz CT molecular complexity index is 2210. The second kappa shape index (κ2) is 17.4. The lowest BCUT2D eigenvalue weighted by molar-refractivity contribution is -0.401. The van der Waals surface area contributed by atoms with E-state index in [-0.39, 0.29) is 16.7 Å². The minimum Gasteiger partial charge on any atom is -0.418 e. The van der Waals surface area contributed by atoms with Crippen LogP contribution in [0.5, 0.6) is 0 Å². The van der Waals surface area contributed by atoms with Gasteiger partial charge in [0.1, 0.15) is 7.05 Å². The quantitative estimate of drug-likeness (QED) is 0.0216. The van der Waals surface area contributed by atoms with Crippen molar-refractivity contribution in [3.8, 4) is 0 Å². The molecular formula is C43H49BF4N6O. The highest BCUT2D eigenvalue weighted by Crippen LogP contribution is 2.51. The molecule has 0 unspecified atom stereocenters. The summed E-state index contributed by atoms with van der Waals surface area (Å²) in [7, 11) is -3.82. The number of amides is 1. The van der Waals surface area contributed by atoms with E-state index in [2.05, 4.69) is 163 Å². The molecule has 0 radical (unpaired) electrons. The Labute approximate surface area is 320 Å². The molecule has 2 aliphatic heterocycles. The normalized spacial score (nSPS) is 16.5. The van der Waals surface area contributed by atoms with Gasteiger partial charge in [-0.15, -0.1) is 0 Å². The highest BCUT2D eigenvalue weighted by Gasteiger charge is 2.44. The smallest absolute Gasteiger partial charge is 0.418 e. The molecule has 0 fully saturated rings. The molecule has 7 nitrogen and oxygen atoms in total. The van der Waals surface area contributed by atoms with E-state index in [1.807, 2.05) is 0 Å². The van der Waals surface area contributed by atoms with Crippen LogP contribution in [0.25, 0.3) is 32.0 Å². The first-order chi connectivity index (χ1) is 26.2. The van der Waals surface area contributed by atoms with Crippen LogP contribution in [0, 0.1) is 0 Å². The van der Waals surface area contributed by atoms with Crippen molar-refractivity contribution < 1.29 is 26.6 Å². The molecule has 55 heavy (non-hydrogen) atoms. The van der Waals surface area contributed by atoms with Gasteiger partial charge >= 0.3 is 7.25 Å². The number of nitrogens with zero attached hydrogens (tertiary/aromatic N) is 5. The summed E-state index contributed by atoms with van der Waals surface area (Å²) in [4.78, 5) is 17.5. The first kappa shape index (κ1) is 40.8. The highest BCUT2D eigenvalue weighted by molar-refractivity contribution is 6.50. The van der Waals surface area contributed by atoms with E-state index in [9.17, 15) is 22.1 Å². The lowest BCUT2D eigenvalue weighted by Crippen LogP contribution is -2.27. The van der Waals surface area contributed by atoms with E-state index in [0.717, 1.165) is 25.8 Å². The van der Waals surface area contributed by atoms with E-state index in [4.69, 9.17) is 5.53 Å². The van der Waals surface area contributed by atoms with Gasteiger partial charge in [0.05, 0.1) is 5.41 Å². The van der Waals surface area contributed by atoms with Crippen molar-refractivity contribution in [1.29, 1.82) is 0 Å². The summed E-state index contributed by atoms with van der Waals surface area (Å²) in [5.74, 6) is 0.0615. The molecule has 12 heteroatoms. The molecule has 0 saturated heterocycles. The number of fused-ring (bicyclic) bond motifs is 6. The molecular weight excluding hydrogens is 703 g/mol. The second-order valence-electron chi connectivity index (χ2n) is 15.0. The third-order valence-corrected chi connectivity index (χ3v) is 10.5. The summed E-state index contributed by atoms with van der Waals surface area (Å²) in [6.07, 6.45) is 15.1. The lowest BCUT2D eigenvalue weighted by atomic mass is 9.79. The first-order valence-corrected chi connectivity index (χ1v) is 18.8. The van der Waals surface area contributed by atoms with Gasteiger partial charge < -0.3 is 27.5 Å². The van der Waals surface area contributed by atoms with Crippen molar-refractivity contribution in [3.63, 3.8) is 0 Å². The van der Waals surface area contributed by atoms with Gasteiger partial charge in [-0.3, -0.25) is 4.79 Å². The van der Waals surface area contributed by atoms with Gasteiger partial charge in [0, 0.05) is 65.5 Å². The average molecular weight is 753 g/mol. The van der Waals surface area contributed by atoms with E-state index >= 15 is 0 Å². The van der Waals surface area contributed by atoms with Crippen molar-refractivity contribution in [2.24, 2.45) is 5.11 Å². The molecule has 0 bridgehead atoms. The van der Waals surface area contributed by atoms with Gasteiger partial charge in [0.2, 0.25) is 11.6 Å². The minimum atomic E-state index is -6.00. The van der Waals surface area contributed by atoms with Crippen molar-refractivity contribution >= 4 is 51.8 Å². The number of carbonyl (C=O) groups excluding carboxylic acids is 1. The molecule has 288 valence electrons. The van der Waals surface area contributed by atoms with Crippen LogP contribution in [0.1, 0.15) is 70.9 Å². The number of azide groups is 1. The number of hydrogen-bond acceptors (Lipinski definition) is 3. The number of anilines is 1. The fourth-order valence-electron chi connectivity index (χ4n) is 8.07. The summed E-state index contributed by atoms with van der Waals surface area (Å²) in [6.45, 7) is 11.2. The Hall–Kier alpha value is -5.35. The number of rotatable bonds is 13. The zero-order valence-electron chi connectivity index (χ0n) is 32.2. The number of benzene rings is 4. The van der Waals surface area contributed by atoms with Crippen LogP contribution >= 0.6 is 0 Å². The molecule has 0 saturated carbocycles. The Morgan fingerprint density at radius 3 is 2.15 bits per heavy atom. The van der Waals surface area contributed by atoms with E-state index in [1.54, 1.807) is 0 Å². The van der Waals surface area contributed by atoms with Crippen molar-refractivity contribution in [2.75, 3.05) is 31.6 Å². The van der Waals surface area contributed by atoms with Gasteiger partial charge in [-0.05, 0) is 84.0 Å². The molecule has 0 spiro atoms. The fourth-order valence-corrected chi connectivity index (χ4v) is 8.07. The van der Waals surface area contributed by atoms with Crippen molar-refractivity contribution in [3.05, 3.63) is 130 Å². The third kappa shape index (κ3) is 9.49. The predicted octanol–water partition coefficient (Wildman–Crippen LogP) is 11.5. The molecule has 0 aromatic heterocycles. The predicted molar refractivity (Wildman–Crippen MR) is 219 cm³/mol. The van der Waals surface area contributed by atoms with Crippen LogP contribution in [-0.4, -0.2) is 50.1 Å². The number of unbranched alkanes of at least 4 members (excludes halogenated alkanes) is 2. The zero-order valence-corrected chi connectivity index (χ0v) is 32.2. The van der Waals surface area contributed by atoms with Crippen LogP contribution in [-0.2, 0) is 15.6 Å². The van der Waals surface area contributed by atoms with E-state index < -0.39 is 7.25 Å². The molecule has 1 N–H and O–H groups in total. The fraction of sp³-hybridized carbons (Fsp3) is 0.349. The molecule has 2 aliphatic rings. The van der Waals surface area contributed by atoms with Crippen molar-refractivity contribution in [1.82, 2.24) is 5.32 Å². The number of carbonyl (C=O) groups is 1. The topological polar surface area (TPSA) is 84.1 Å². The SMILES string of the molecule is C[N+]1=C(/C=C/C=C/C=C2/N(CCCCCC(=O)NCCCN=[N+]=[N-])c3ccc4ccccc4c3C2(C)C)C(C)(C)c2c1ccc1ccccc21.F[B-](F)(F)F. The summed E-state index contributed by atoms with van der Waals surface area (Å²) in [5.41, 5.74) is 16.0. The maximum Gasteiger partial charge on any atom is 0.673 e. The van der Waals surface area contributed by atoms with Crippen LogP contribution in [0.15, 0.2) is 114 Å². The van der Waals surface area contributed by atoms with Gasteiger partial charge in [-0.25, -0.2) is 0 Å². The Kier molecular flexibility index (Phi) is 12.9. The highest BCUT2D eigenvalue weighted by atomic mass is 19.5. The molecule has 6 rings (SSSR count). The zero-order chi connectivity index (χ0) is 39.8. The summed E-state index contributed by atoms with van der Waals surface area (Å²) < 4.78 is 41.3. The Morgan fingerprint density at radius 2 is 1.47 bits per heavy atom. The lowest BCUT2D eigenvalue weighted by Gasteiger charge is -2.27. The molecule has 4 aromatic rings. The number of nitrogens with one attached hydrogen (secondary N) is 1. The molecule has 4 aromatic carbocycles.